The molecule has 1 atom stereocenters. The maximum absolute atomic E-state index is 6.12. The Kier molecular flexibility index (Phi) is 3.01. The second-order valence-corrected chi connectivity index (χ2v) is 3.94. The Hall–Kier alpha value is -1.68. The van der Waals surface area contributed by atoms with Gasteiger partial charge in [-0.3, -0.25) is 0 Å². The van der Waals surface area contributed by atoms with Crippen LogP contribution in [0.1, 0.15) is 23.3 Å². The molecule has 0 aliphatic rings. The monoisotopic (exact) mass is 216 g/mol. The molecule has 0 aliphatic heterocycles. The van der Waals surface area contributed by atoms with Crippen molar-refractivity contribution in [2.45, 2.75) is 19.4 Å². The van der Waals surface area contributed by atoms with Crippen LogP contribution < -0.4 is 5.73 Å². The van der Waals surface area contributed by atoms with Gasteiger partial charge in [0.2, 0.25) is 0 Å². The fourth-order valence-corrected chi connectivity index (χ4v) is 1.64. The summed E-state index contributed by atoms with van der Waals surface area (Å²) in [6.07, 6.45) is 0.710. The van der Waals surface area contributed by atoms with Crippen LogP contribution in [0.15, 0.2) is 30.3 Å². The van der Waals surface area contributed by atoms with E-state index in [1.807, 2.05) is 48.9 Å². The van der Waals surface area contributed by atoms with Crippen molar-refractivity contribution in [2.75, 3.05) is 0 Å². The summed E-state index contributed by atoms with van der Waals surface area (Å²) in [5, 5.41) is 8.13. The first-order valence-corrected chi connectivity index (χ1v) is 5.34. The van der Waals surface area contributed by atoms with Gasteiger partial charge in [0.15, 0.2) is 0 Å². The van der Waals surface area contributed by atoms with E-state index in [4.69, 9.17) is 5.73 Å². The van der Waals surface area contributed by atoms with E-state index in [0.29, 0.717) is 6.42 Å². The van der Waals surface area contributed by atoms with Gasteiger partial charge in [-0.1, -0.05) is 30.3 Å². The molecule has 0 fully saturated rings. The molecule has 0 saturated heterocycles. The van der Waals surface area contributed by atoms with E-state index in [1.165, 1.54) is 0 Å². The Morgan fingerprint density at radius 1 is 1.25 bits per heavy atom. The average molecular weight is 216 g/mol. The van der Waals surface area contributed by atoms with E-state index in [-0.39, 0.29) is 6.04 Å². The van der Waals surface area contributed by atoms with Crippen LogP contribution in [0.3, 0.4) is 0 Å². The fourth-order valence-electron chi connectivity index (χ4n) is 1.64. The summed E-state index contributed by atoms with van der Waals surface area (Å²) < 4.78 is 1.98. The van der Waals surface area contributed by atoms with Crippen LogP contribution in [-0.4, -0.2) is 14.8 Å². The third-order valence-corrected chi connectivity index (χ3v) is 2.81. The van der Waals surface area contributed by atoms with Gasteiger partial charge in [-0.05, 0) is 12.5 Å². The minimum Gasteiger partial charge on any atom is -0.324 e. The molecule has 1 aromatic carbocycles. The number of benzene rings is 1. The summed E-state index contributed by atoms with van der Waals surface area (Å²) in [6.45, 7) is 1.94. The standard InChI is InChI=1S/C12H16N4/c1-9-14-15-12(16(9)2)8-11(13)10-6-4-3-5-7-10/h3-7,11H,8,13H2,1-2H3. The number of nitrogens with zero attached hydrogens (tertiary/aromatic N) is 3. The lowest BCUT2D eigenvalue weighted by Gasteiger charge is -2.11. The molecule has 2 aromatic rings. The molecule has 0 spiro atoms. The number of nitrogens with two attached hydrogens (primary N) is 1. The van der Waals surface area contributed by atoms with Gasteiger partial charge in [-0.15, -0.1) is 10.2 Å². The van der Waals surface area contributed by atoms with Crippen molar-refractivity contribution < 1.29 is 0 Å². The Morgan fingerprint density at radius 3 is 2.50 bits per heavy atom. The molecule has 4 heteroatoms. The first kappa shape index (κ1) is 10.8. The van der Waals surface area contributed by atoms with Crippen LogP contribution in [0.5, 0.6) is 0 Å². The number of aromatic nitrogens is 3. The zero-order valence-electron chi connectivity index (χ0n) is 9.59. The SMILES string of the molecule is Cc1nnc(CC(N)c2ccccc2)n1C. The van der Waals surface area contributed by atoms with Crippen LogP contribution in [-0.2, 0) is 13.5 Å². The summed E-state index contributed by atoms with van der Waals surface area (Å²) in [5.74, 6) is 1.84. The molecule has 0 saturated carbocycles. The first-order chi connectivity index (χ1) is 7.68. The van der Waals surface area contributed by atoms with Crippen molar-refractivity contribution in [2.24, 2.45) is 12.8 Å². The van der Waals surface area contributed by atoms with Gasteiger partial charge in [0.1, 0.15) is 11.6 Å². The van der Waals surface area contributed by atoms with Gasteiger partial charge >= 0.3 is 0 Å². The van der Waals surface area contributed by atoms with E-state index in [0.717, 1.165) is 17.2 Å². The summed E-state index contributed by atoms with van der Waals surface area (Å²) in [5.41, 5.74) is 7.25. The lowest BCUT2D eigenvalue weighted by molar-refractivity contribution is 0.654. The second-order valence-electron chi connectivity index (χ2n) is 3.94. The van der Waals surface area contributed by atoms with Gasteiger partial charge in [-0.25, -0.2) is 0 Å². The van der Waals surface area contributed by atoms with E-state index >= 15 is 0 Å². The average Bonchev–Trinajstić information content (AvgIpc) is 2.62. The third kappa shape index (κ3) is 2.12. The van der Waals surface area contributed by atoms with E-state index in [1.54, 1.807) is 0 Å². The quantitative estimate of drug-likeness (QED) is 0.843. The molecular weight excluding hydrogens is 200 g/mol. The molecule has 0 aliphatic carbocycles. The molecule has 0 bridgehead atoms. The van der Waals surface area contributed by atoms with Crippen LogP contribution in [0.4, 0.5) is 0 Å². The molecule has 1 aromatic heterocycles. The zero-order valence-corrected chi connectivity index (χ0v) is 9.59. The third-order valence-electron chi connectivity index (χ3n) is 2.81. The van der Waals surface area contributed by atoms with E-state index in [2.05, 4.69) is 10.2 Å². The van der Waals surface area contributed by atoms with Crippen LogP contribution >= 0.6 is 0 Å². The fraction of sp³-hybridized carbons (Fsp3) is 0.333. The molecule has 1 heterocycles. The minimum absolute atomic E-state index is 0.0245. The van der Waals surface area contributed by atoms with Gasteiger partial charge < -0.3 is 10.3 Å². The lowest BCUT2D eigenvalue weighted by Crippen LogP contribution is -2.15. The van der Waals surface area contributed by atoms with Crippen LogP contribution in [0, 0.1) is 6.92 Å². The molecular formula is C12H16N4. The van der Waals surface area contributed by atoms with Gasteiger partial charge in [-0.2, -0.15) is 0 Å². The molecule has 0 amide bonds. The summed E-state index contributed by atoms with van der Waals surface area (Å²) >= 11 is 0. The molecule has 2 rings (SSSR count). The summed E-state index contributed by atoms with van der Waals surface area (Å²) in [7, 11) is 1.96. The first-order valence-electron chi connectivity index (χ1n) is 5.34. The normalized spacial score (nSPS) is 12.7. The van der Waals surface area contributed by atoms with Crippen molar-refractivity contribution in [3.05, 3.63) is 47.5 Å². The maximum atomic E-state index is 6.12. The molecule has 2 N–H and O–H groups in total. The highest BCUT2D eigenvalue weighted by molar-refractivity contribution is 5.19. The summed E-state index contributed by atoms with van der Waals surface area (Å²) in [4.78, 5) is 0. The number of rotatable bonds is 3. The van der Waals surface area contributed by atoms with Gasteiger partial charge in [0.25, 0.3) is 0 Å². The lowest BCUT2D eigenvalue weighted by atomic mass is 10.0. The Balaban J connectivity index is 2.14. The van der Waals surface area contributed by atoms with Crippen molar-refractivity contribution in [1.82, 2.24) is 14.8 Å². The largest absolute Gasteiger partial charge is 0.324 e. The van der Waals surface area contributed by atoms with Gasteiger partial charge in [0.05, 0.1) is 0 Å². The number of hydrogen-bond acceptors (Lipinski definition) is 3. The predicted octanol–water partition coefficient (Wildman–Crippen LogP) is 1.37. The molecule has 1 unspecified atom stereocenters. The van der Waals surface area contributed by atoms with Gasteiger partial charge in [0, 0.05) is 19.5 Å². The highest BCUT2D eigenvalue weighted by atomic mass is 15.3. The number of hydrogen-bond donors (Lipinski definition) is 1. The predicted molar refractivity (Wildman–Crippen MR) is 62.8 cm³/mol. The van der Waals surface area contributed by atoms with E-state index < -0.39 is 0 Å². The number of aryl methyl sites for hydroxylation is 1. The van der Waals surface area contributed by atoms with E-state index in [9.17, 15) is 0 Å². The Labute approximate surface area is 95.1 Å². The van der Waals surface area contributed by atoms with Crippen LogP contribution in [0.2, 0.25) is 0 Å². The van der Waals surface area contributed by atoms with Crippen LogP contribution in [0.25, 0.3) is 0 Å². The molecule has 0 radical (unpaired) electrons. The summed E-state index contributed by atoms with van der Waals surface area (Å²) in [6, 6.07) is 10.0. The van der Waals surface area contributed by atoms with Crippen molar-refractivity contribution in [3.63, 3.8) is 0 Å². The van der Waals surface area contributed by atoms with Crippen molar-refractivity contribution in [1.29, 1.82) is 0 Å². The minimum atomic E-state index is -0.0245. The maximum Gasteiger partial charge on any atom is 0.134 e. The Morgan fingerprint density at radius 2 is 1.94 bits per heavy atom. The second kappa shape index (κ2) is 4.45. The zero-order chi connectivity index (χ0) is 11.5. The topological polar surface area (TPSA) is 56.7 Å². The molecule has 84 valence electrons. The molecule has 4 nitrogen and oxygen atoms in total. The Bertz CT molecular complexity index is 461. The van der Waals surface area contributed by atoms with Crippen molar-refractivity contribution >= 4 is 0 Å². The smallest absolute Gasteiger partial charge is 0.134 e. The highest BCUT2D eigenvalue weighted by Gasteiger charge is 2.11. The molecule has 16 heavy (non-hydrogen) atoms. The highest BCUT2D eigenvalue weighted by Crippen LogP contribution is 2.14. The van der Waals surface area contributed by atoms with Crippen molar-refractivity contribution in [3.8, 4) is 0 Å².